The first-order valence-electron chi connectivity index (χ1n) is 40.5. The summed E-state index contributed by atoms with van der Waals surface area (Å²) in [4.78, 5) is 9.75. The SMILES string of the molecule is COc1cc(P(c2ccccc2)c2ccccc2)c(-c2c(P(=O)(c3ccccc3)c3ccccc3)cc(OC)nc2C)c(C)n1.O=P(c1ccccc1)(c1ccccc1)[C@@H]1[C@@H](P(c2ccccc2)c2ccccc2)[C@H]2C=C[C@@H]1C2.O=P1(CCP2[C@H](c3ccccc3)CC[C@H]2c2ccccc2)[C@H](c2ccccc2)CC[C@H]1c1ccccc1. The first-order valence-corrected chi connectivity index (χ1v) is 50.5. The van der Waals surface area contributed by atoms with Gasteiger partial charge in [0.05, 0.1) is 19.9 Å². The molecule has 2 bridgehead atoms. The molecule has 18 rings (SSSR count). The van der Waals surface area contributed by atoms with Crippen LogP contribution in [0.2, 0.25) is 0 Å². The largest absolute Gasteiger partial charge is 0.481 e. The van der Waals surface area contributed by atoms with Crippen molar-refractivity contribution >= 4 is 98.2 Å². The van der Waals surface area contributed by atoms with E-state index in [1.54, 1.807) is 14.2 Å². The van der Waals surface area contributed by atoms with E-state index in [4.69, 9.17) is 19.4 Å². The molecule has 3 fully saturated rings. The zero-order valence-electron chi connectivity index (χ0n) is 66.1. The van der Waals surface area contributed by atoms with Gasteiger partial charge in [0.1, 0.15) is 14.3 Å². The van der Waals surface area contributed by atoms with E-state index in [0.29, 0.717) is 51.6 Å². The number of pyridine rings is 2. The number of benzene rings is 12. The van der Waals surface area contributed by atoms with Crippen LogP contribution in [0.1, 0.15) is 88.4 Å². The van der Waals surface area contributed by atoms with E-state index in [1.165, 1.54) is 56.3 Å². The first-order chi connectivity index (χ1) is 57.0. The van der Waals surface area contributed by atoms with Crippen molar-refractivity contribution < 1.29 is 23.2 Å². The van der Waals surface area contributed by atoms with Crippen LogP contribution in [0.5, 0.6) is 11.8 Å². The minimum atomic E-state index is -3.45. The van der Waals surface area contributed by atoms with Crippen LogP contribution in [0, 0.1) is 25.7 Å². The first kappa shape index (κ1) is 80.1. The van der Waals surface area contributed by atoms with Crippen LogP contribution in [0.3, 0.4) is 0 Å². The predicted molar refractivity (Wildman–Crippen MR) is 495 cm³/mol. The smallest absolute Gasteiger partial charge is 0.213 e. The van der Waals surface area contributed by atoms with Gasteiger partial charge in [0, 0.05) is 101 Å². The number of hydrogen-bond donors (Lipinski definition) is 0. The van der Waals surface area contributed by atoms with E-state index in [0.717, 1.165) is 74.9 Å². The van der Waals surface area contributed by atoms with Gasteiger partial charge in [-0.2, -0.15) is 0 Å². The lowest BCUT2D eigenvalue weighted by atomic mass is 10.0. The number of nitrogens with zero attached hydrogens (tertiary/aromatic N) is 2. The minimum Gasteiger partial charge on any atom is -0.481 e. The molecular formula is C103H98N2O5P6. The Balaban J connectivity index is 0.000000132. The molecule has 2 aliphatic heterocycles. The van der Waals surface area contributed by atoms with E-state index in [9.17, 15) is 0 Å². The molecule has 0 spiro atoms. The molecular weight excluding hydrogens is 1530 g/mol. The van der Waals surface area contributed by atoms with Crippen LogP contribution in [-0.4, -0.2) is 47.8 Å². The minimum absolute atomic E-state index is 0.0961. The Bertz CT molecular complexity index is 5470. The molecule has 1 saturated carbocycles. The molecule has 8 atom stereocenters. The van der Waals surface area contributed by atoms with Crippen LogP contribution in [0.4, 0.5) is 0 Å². The highest BCUT2D eigenvalue weighted by Crippen LogP contribution is 2.79. The highest BCUT2D eigenvalue weighted by Gasteiger charge is 2.57. The maximum atomic E-state index is 16.0. The van der Waals surface area contributed by atoms with Crippen molar-refractivity contribution in [3.8, 4) is 22.9 Å². The van der Waals surface area contributed by atoms with Crippen molar-refractivity contribution in [1.29, 1.82) is 0 Å². The average Bonchev–Trinajstić information content (AvgIpc) is 1.19. The topological polar surface area (TPSA) is 95.4 Å². The van der Waals surface area contributed by atoms with E-state index < -0.39 is 37.3 Å². The number of methoxy groups -OCH3 is 2. The predicted octanol–water partition coefficient (Wildman–Crippen LogP) is 22.6. The van der Waals surface area contributed by atoms with Gasteiger partial charge < -0.3 is 23.2 Å². The molecule has 2 aliphatic carbocycles. The molecule has 12 aromatic carbocycles. The maximum Gasteiger partial charge on any atom is 0.213 e. The summed E-state index contributed by atoms with van der Waals surface area (Å²) >= 11 is 0. The third kappa shape index (κ3) is 16.5. The van der Waals surface area contributed by atoms with Crippen LogP contribution >= 0.6 is 45.2 Å². The summed E-state index contributed by atoms with van der Waals surface area (Å²) in [6.07, 6.45) is 12.4. The molecule has 580 valence electrons. The Morgan fingerprint density at radius 2 is 0.733 bits per heavy atom. The summed E-state index contributed by atoms with van der Waals surface area (Å²) in [5.74, 6) is 1.74. The highest BCUT2D eigenvalue weighted by atomic mass is 31.2. The Hall–Kier alpha value is -9.74. The summed E-state index contributed by atoms with van der Waals surface area (Å²) in [7, 11) is -7.69. The molecule has 0 unspecified atom stereocenters. The van der Waals surface area contributed by atoms with Crippen molar-refractivity contribution in [2.24, 2.45) is 11.8 Å². The molecule has 0 radical (unpaired) electrons. The van der Waals surface area contributed by atoms with Gasteiger partial charge in [0.2, 0.25) is 11.8 Å². The molecule has 4 aliphatic rings. The molecule has 0 N–H and O–H groups in total. The molecule has 14 aromatic rings. The van der Waals surface area contributed by atoms with Gasteiger partial charge in [0.25, 0.3) is 0 Å². The normalized spacial score (nSPS) is 19.4. The number of aromatic nitrogens is 2. The summed E-state index contributed by atoms with van der Waals surface area (Å²) < 4.78 is 58.3. The third-order valence-corrected chi connectivity index (χ3v) is 44.4. The van der Waals surface area contributed by atoms with Gasteiger partial charge in [-0.05, 0) is 123 Å². The van der Waals surface area contributed by atoms with Crippen molar-refractivity contribution in [2.75, 3.05) is 26.5 Å². The monoisotopic (exact) mass is 1630 g/mol. The van der Waals surface area contributed by atoms with Crippen LogP contribution in [0.25, 0.3) is 11.1 Å². The van der Waals surface area contributed by atoms with Gasteiger partial charge in [-0.1, -0.05) is 384 Å². The van der Waals surface area contributed by atoms with Gasteiger partial charge in [-0.3, -0.25) is 0 Å². The second-order valence-electron chi connectivity index (χ2n) is 30.6. The molecule has 7 nitrogen and oxygen atoms in total. The molecule has 4 heterocycles. The van der Waals surface area contributed by atoms with Gasteiger partial charge in [0.15, 0.2) is 7.14 Å². The number of rotatable bonds is 22. The molecule has 2 aromatic heterocycles. The molecule has 13 heteroatoms. The number of allylic oxidation sites excluding steroid dienone is 2. The maximum absolute atomic E-state index is 16.0. The highest BCUT2D eigenvalue weighted by molar-refractivity contribution is 7.85. The van der Waals surface area contributed by atoms with E-state index in [2.05, 4.69) is 267 Å². The van der Waals surface area contributed by atoms with E-state index in [1.807, 2.05) is 135 Å². The van der Waals surface area contributed by atoms with Crippen molar-refractivity contribution in [3.63, 3.8) is 0 Å². The van der Waals surface area contributed by atoms with Gasteiger partial charge >= 0.3 is 0 Å². The lowest BCUT2D eigenvalue weighted by molar-refractivity contribution is 0.397. The Labute approximate surface area is 689 Å². The summed E-state index contributed by atoms with van der Waals surface area (Å²) in [5, 5.41) is 10.3. The Kier molecular flexibility index (Phi) is 25.4. The van der Waals surface area contributed by atoms with Gasteiger partial charge in [-0.15, -0.1) is 0 Å². The summed E-state index contributed by atoms with van der Waals surface area (Å²) in [5.41, 5.74) is 10.7. The molecule has 2 saturated heterocycles. The second kappa shape index (κ2) is 36.8. The van der Waals surface area contributed by atoms with Crippen LogP contribution < -0.4 is 62.5 Å². The number of ether oxygens (including phenoxy) is 2. The van der Waals surface area contributed by atoms with Gasteiger partial charge in [-0.25, -0.2) is 9.97 Å². The second-order valence-corrected chi connectivity index (χ2v) is 46.9. The van der Waals surface area contributed by atoms with E-state index in [-0.39, 0.29) is 24.9 Å². The fourth-order valence-electron chi connectivity index (χ4n) is 18.8. The van der Waals surface area contributed by atoms with Crippen molar-refractivity contribution in [1.82, 2.24) is 9.97 Å². The Morgan fingerprint density at radius 1 is 0.397 bits per heavy atom. The van der Waals surface area contributed by atoms with Crippen LogP contribution in [-0.2, 0) is 13.7 Å². The number of aryl methyl sites for hydroxylation is 2. The number of hydrogen-bond acceptors (Lipinski definition) is 7. The zero-order chi connectivity index (χ0) is 79.4. The zero-order valence-corrected chi connectivity index (χ0v) is 71.5. The quantitative estimate of drug-likeness (QED) is 0.0493. The molecule has 116 heavy (non-hydrogen) atoms. The fourth-order valence-corrected chi connectivity index (χ4v) is 40.9. The summed E-state index contributed by atoms with van der Waals surface area (Å²) in [6.45, 7) is 3.96. The number of fused-ring (bicyclic) bond motifs is 2. The van der Waals surface area contributed by atoms with E-state index >= 15 is 13.7 Å². The lowest BCUT2D eigenvalue weighted by Gasteiger charge is -2.40. The van der Waals surface area contributed by atoms with Crippen LogP contribution in [0.15, 0.2) is 388 Å². The third-order valence-electron chi connectivity index (χ3n) is 24.0. The standard InChI is InChI=1S/C38H34N2O3P2.C34H36OP2.C31H28OP2/c1-27-37(33(25-35(39-27)42-3)44(29-17-9-5-10-18-29)30-19-11-6-12-20-30)38-28(2)40-36(43-4)26-34(38)45(41,31-21-13-7-14-22-31)32-23-15-8-16-24-32;35-37(33(29-17-9-3-10-18-29)23-24-34(37)30-19-11-4-12-20-30)26-25-36-31(27-13-5-1-6-14-27)21-22-32(36)28-15-7-2-8-16-28;32-34(28-17-9-3-10-18-28,29-19-11-4-12-20-29)31-25-22-21-24(23-25)30(31)33(26-13-5-1-6-14-26)27-15-7-2-8-16-27/h5-26H,1-4H3;1-20,31-34H,21-26H2;1-22,24-25,30-31H,23H2/t;31-,32-,33-,34-;24-,25+,30-,31-/m.00/s1. The molecule has 0 amide bonds. The average molecular weight is 1630 g/mol. The van der Waals surface area contributed by atoms with Crippen molar-refractivity contribution in [2.45, 2.75) is 79.9 Å². The lowest BCUT2D eigenvalue weighted by Crippen LogP contribution is -2.39. The Morgan fingerprint density at radius 3 is 1.13 bits per heavy atom. The fraction of sp³-hybridized carbons (Fsp3) is 0.184. The summed E-state index contributed by atoms with van der Waals surface area (Å²) in [6, 6.07) is 131. The van der Waals surface area contributed by atoms with Crippen molar-refractivity contribution in [3.05, 3.63) is 422 Å².